The van der Waals surface area contributed by atoms with Gasteiger partial charge in [0.15, 0.2) is 0 Å². The Morgan fingerprint density at radius 3 is 2.56 bits per heavy atom. The van der Waals surface area contributed by atoms with E-state index in [4.69, 9.17) is 5.11 Å². The number of nitrogens with zero attached hydrogens (tertiary/aromatic N) is 2. The maximum absolute atomic E-state index is 12.7. The minimum atomic E-state index is -0.715. The molecule has 0 spiro atoms. The zero-order valence-corrected chi connectivity index (χ0v) is 14.7. The highest BCUT2D eigenvalue weighted by Crippen LogP contribution is 2.38. The number of carbonyl (C=O) groups excluding carboxylic acids is 2. The van der Waals surface area contributed by atoms with E-state index >= 15 is 0 Å². The van der Waals surface area contributed by atoms with Gasteiger partial charge in [-0.3, -0.25) is 14.6 Å². The largest absolute Gasteiger partial charge is 0.507 e. The Bertz CT molecular complexity index is 837. The average molecular weight is 367 g/mol. The Morgan fingerprint density at radius 2 is 1.89 bits per heavy atom. The van der Waals surface area contributed by atoms with Crippen molar-refractivity contribution in [2.24, 2.45) is 0 Å². The van der Waals surface area contributed by atoms with Crippen molar-refractivity contribution >= 4 is 17.4 Å². The molecule has 27 heavy (non-hydrogen) atoms. The van der Waals surface area contributed by atoms with E-state index < -0.39 is 17.7 Å². The van der Waals surface area contributed by atoms with E-state index in [2.05, 4.69) is 10.3 Å². The second kappa shape index (κ2) is 8.57. The van der Waals surface area contributed by atoms with Gasteiger partial charge in [0, 0.05) is 37.6 Å². The van der Waals surface area contributed by atoms with Gasteiger partial charge in [-0.25, -0.2) is 0 Å². The number of likely N-dealkylation sites (tertiary alicyclic amines) is 1. The highest BCUT2D eigenvalue weighted by Gasteiger charge is 2.45. The second-order valence-electron chi connectivity index (χ2n) is 6.12. The molecule has 7 heteroatoms. The molecule has 0 bridgehead atoms. The molecule has 2 heterocycles. The molecule has 1 aromatic heterocycles. The number of hydrogen-bond acceptors (Lipinski definition) is 6. The summed E-state index contributed by atoms with van der Waals surface area (Å²) in [5.74, 6) is -1.58. The highest BCUT2D eigenvalue weighted by molar-refractivity contribution is 6.46. The Morgan fingerprint density at radius 1 is 1.11 bits per heavy atom. The Labute approximate surface area is 157 Å². The van der Waals surface area contributed by atoms with Crippen LogP contribution in [0.3, 0.4) is 0 Å². The van der Waals surface area contributed by atoms with Crippen molar-refractivity contribution in [2.75, 3.05) is 26.2 Å². The van der Waals surface area contributed by atoms with Gasteiger partial charge in [0.2, 0.25) is 0 Å². The van der Waals surface area contributed by atoms with Crippen LogP contribution >= 0.6 is 0 Å². The standard InChI is InChI=1S/C20H21N3O4/c24-12-10-21-9-11-23-17(15-7-4-8-22-13-15)16(19(26)20(23)27)18(25)14-5-2-1-3-6-14/h1-8,13,17,21,24-25H,9-12H2/b18-16-/t17-/m0/s1. The van der Waals surface area contributed by atoms with Gasteiger partial charge >= 0.3 is 0 Å². The Balaban J connectivity index is 2.03. The lowest BCUT2D eigenvalue weighted by atomic mass is 9.96. The zero-order valence-electron chi connectivity index (χ0n) is 14.7. The van der Waals surface area contributed by atoms with Crippen LogP contribution < -0.4 is 5.32 Å². The van der Waals surface area contributed by atoms with Crippen molar-refractivity contribution in [3.8, 4) is 0 Å². The fourth-order valence-corrected chi connectivity index (χ4v) is 3.15. The highest BCUT2D eigenvalue weighted by atomic mass is 16.3. The first-order valence-corrected chi connectivity index (χ1v) is 8.70. The fraction of sp³-hybridized carbons (Fsp3) is 0.250. The quantitative estimate of drug-likeness (QED) is 0.293. The number of amides is 1. The third kappa shape index (κ3) is 3.89. The van der Waals surface area contributed by atoms with Crippen molar-refractivity contribution in [3.63, 3.8) is 0 Å². The lowest BCUT2D eigenvalue weighted by Crippen LogP contribution is -2.36. The molecule has 1 fully saturated rings. The molecular formula is C20H21N3O4. The summed E-state index contributed by atoms with van der Waals surface area (Å²) in [5.41, 5.74) is 1.18. The summed E-state index contributed by atoms with van der Waals surface area (Å²) >= 11 is 0. The molecule has 0 radical (unpaired) electrons. The van der Waals surface area contributed by atoms with Gasteiger partial charge in [0.1, 0.15) is 5.76 Å². The molecule has 0 saturated carbocycles. The SMILES string of the molecule is O=C1C(=O)N(CCNCCO)[C@@H](c2cccnc2)/C1=C(/O)c1ccccc1. The number of nitrogens with one attached hydrogen (secondary N) is 1. The molecule has 7 nitrogen and oxygen atoms in total. The number of rotatable bonds is 7. The maximum Gasteiger partial charge on any atom is 0.295 e. The third-order valence-corrected chi connectivity index (χ3v) is 4.41. The number of hydrogen-bond donors (Lipinski definition) is 3. The number of aliphatic hydroxyl groups is 2. The zero-order chi connectivity index (χ0) is 19.2. The first kappa shape index (κ1) is 18.8. The number of carbonyl (C=O) groups is 2. The van der Waals surface area contributed by atoms with E-state index in [1.54, 1.807) is 54.9 Å². The fourth-order valence-electron chi connectivity index (χ4n) is 3.15. The van der Waals surface area contributed by atoms with Crippen molar-refractivity contribution < 1.29 is 19.8 Å². The molecule has 0 unspecified atom stereocenters. The smallest absolute Gasteiger partial charge is 0.295 e. The average Bonchev–Trinajstić information content (AvgIpc) is 2.97. The molecule has 1 atom stereocenters. The molecule has 1 aliphatic rings. The van der Waals surface area contributed by atoms with Crippen LogP contribution in [0.25, 0.3) is 5.76 Å². The topological polar surface area (TPSA) is 103 Å². The van der Waals surface area contributed by atoms with Gasteiger partial charge in [-0.1, -0.05) is 36.4 Å². The number of ketones is 1. The van der Waals surface area contributed by atoms with E-state index in [-0.39, 0.29) is 24.5 Å². The van der Waals surface area contributed by atoms with Crippen LogP contribution in [0.1, 0.15) is 17.2 Å². The molecule has 3 N–H and O–H groups in total. The summed E-state index contributed by atoms with van der Waals surface area (Å²) < 4.78 is 0. The summed E-state index contributed by atoms with van der Waals surface area (Å²) in [4.78, 5) is 30.9. The van der Waals surface area contributed by atoms with E-state index in [0.717, 1.165) is 0 Å². The number of aliphatic hydroxyl groups excluding tert-OH is 2. The van der Waals surface area contributed by atoms with Crippen LogP contribution in [0, 0.1) is 0 Å². The maximum atomic E-state index is 12.7. The molecule has 140 valence electrons. The predicted molar refractivity (Wildman–Crippen MR) is 99.6 cm³/mol. The minimum Gasteiger partial charge on any atom is -0.507 e. The summed E-state index contributed by atoms with van der Waals surface area (Å²) in [7, 11) is 0. The number of aromatic nitrogens is 1. The van der Waals surface area contributed by atoms with Gasteiger partial charge in [-0.2, -0.15) is 0 Å². The van der Waals surface area contributed by atoms with Gasteiger partial charge < -0.3 is 20.4 Å². The minimum absolute atomic E-state index is 0.0150. The molecule has 3 rings (SSSR count). The van der Waals surface area contributed by atoms with Crippen LogP contribution in [0.2, 0.25) is 0 Å². The van der Waals surface area contributed by atoms with Gasteiger partial charge in [-0.15, -0.1) is 0 Å². The first-order chi connectivity index (χ1) is 13.1. The molecule has 1 amide bonds. The van der Waals surface area contributed by atoms with Gasteiger partial charge in [0.05, 0.1) is 18.2 Å². The molecular weight excluding hydrogens is 346 g/mol. The van der Waals surface area contributed by atoms with Crippen molar-refractivity contribution in [1.82, 2.24) is 15.2 Å². The molecule has 2 aromatic rings. The van der Waals surface area contributed by atoms with Crippen molar-refractivity contribution in [2.45, 2.75) is 6.04 Å². The Hall–Kier alpha value is -3.03. The summed E-state index contributed by atoms with van der Waals surface area (Å²) in [5, 5.41) is 22.7. The van der Waals surface area contributed by atoms with Crippen LogP contribution in [-0.2, 0) is 9.59 Å². The molecule has 1 saturated heterocycles. The lowest BCUT2D eigenvalue weighted by Gasteiger charge is -2.25. The van der Waals surface area contributed by atoms with E-state index in [1.165, 1.54) is 4.90 Å². The van der Waals surface area contributed by atoms with E-state index in [0.29, 0.717) is 24.2 Å². The molecule has 0 aliphatic carbocycles. The van der Waals surface area contributed by atoms with E-state index in [1.807, 2.05) is 0 Å². The van der Waals surface area contributed by atoms with Crippen LogP contribution in [0.15, 0.2) is 60.4 Å². The van der Waals surface area contributed by atoms with Gasteiger partial charge in [0.25, 0.3) is 11.7 Å². The monoisotopic (exact) mass is 367 g/mol. The third-order valence-electron chi connectivity index (χ3n) is 4.41. The van der Waals surface area contributed by atoms with Crippen molar-refractivity contribution in [3.05, 3.63) is 71.6 Å². The molecule has 1 aliphatic heterocycles. The predicted octanol–water partition coefficient (Wildman–Crippen LogP) is 1.09. The molecule has 1 aromatic carbocycles. The normalized spacial score (nSPS) is 18.9. The lowest BCUT2D eigenvalue weighted by molar-refractivity contribution is -0.139. The second-order valence-corrected chi connectivity index (χ2v) is 6.12. The van der Waals surface area contributed by atoms with Gasteiger partial charge in [-0.05, 0) is 11.6 Å². The van der Waals surface area contributed by atoms with E-state index in [9.17, 15) is 14.7 Å². The first-order valence-electron chi connectivity index (χ1n) is 8.70. The summed E-state index contributed by atoms with van der Waals surface area (Å²) in [6.07, 6.45) is 3.19. The van der Waals surface area contributed by atoms with Crippen molar-refractivity contribution in [1.29, 1.82) is 0 Å². The summed E-state index contributed by atoms with van der Waals surface area (Å²) in [6.45, 7) is 1.05. The van der Waals surface area contributed by atoms with Crippen LogP contribution in [0.4, 0.5) is 0 Å². The van der Waals surface area contributed by atoms with Crippen LogP contribution in [0.5, 0.6) is 0 Å². The van der Waals surface area contributed by atoms with Crippen LogP contribution in [-0.4, -0.2) is 58.0 Å². The number of benzene rings is 1. The summed E-state index contributed by atoms with van der Waals surface area (Å²) in [6, 6.07) is 11.5. The number of pyridine rings is 1. The Kier molecular flexibility index (Phi) is 5.95. The number of Topliss-reactive ketones (excluding diaryl/α,β-unsaturated/α-hetero) is 1.